The van der Waals surface area contributed by atoms with Gasteiger partial charge >= 0.3 is 0 Å². The summed E-state index contributed by atoms with van der Waals surface area (Å²) >= 11 is 0. The van der Waals surface area contributed by atoms with Crippen molar-refractivity contribution in [2.75, 3.05) is 39.3 Å². The molecule has 0 unspecified atom stereocenters. The Bertz CT molecular complexity index is 626. The molecule has 2 aromatic heterocycles. The molecule has 8 heteroatoms. The third-order valence-corrected chi connectivity index (χ3v) is 3.39. The largest absolute Gasteiger partial charge is 0.481 e. The van der Waals surface area contributed by atoms with Gasteiger partial charge in [0.15, 0.2) is 0 Å². The normalized spacial score (nSPS) is 11.2. The summed E-state index contributed by atoms with van der Waals surface area (Å²) in [7, 11) is 3.06. The maximum Gasteiger partial charge on any atom is 0.230 e. The quantitative estimate of drug-likeness (QED) is 0.654. The van der Waals surface area contributed by atoms with Gasteiger partial charge in [-0.05, 0) is 26.0 Å². The third kappa shape index (κ3) is 4.77. The SMILES string of the molecule is CCOC(CNc1nc(OC)cc(OC)n1)(OCC)c1ccccn1. The van der Waals surface area contributed by atoms with E-state index in [0.717, 1.165) is 0 Å². The van der Waals surface area contributed by atoms with Crippen LogP contribution < -0.4 is 14.8 Å². The Morgan fingerprint density at radius 2 is 1.64 bits per heavy atom. The molecule has 0 saturated carbocycles. The lowest BCUT2D eigenvalue weighted by molar-refractivity contribution is -0.235. The Morgan fingerprint density at radius 3 is 2.12 bits per heavy atom. The van der Waals surface area contributed by atoms with Crippen molar-refractivity contribution in [2.45, 2.75) is 19.6 Å². The highest BCUT2D eigenvalue weighted by Gasteiger charge is 2.35. The Hall–Kier alpha value is -2.45. The zero-order valence-electron chi connectivity index (χ0n) is 15.0. The second-order valence-corrected chi connectivity index (χ2v) is 4.96. The Morgan fingerprint density at radius 1 is 1.00 bits per heavy atom. The second-order valence-electron chi connectivity index (χ2n) is 4.96. The molecule has 0 aromatic carbocycles. The van der Waals surface area contributed by atoms with Crippen LogP contribution in [0.3, 0.4) is 0 Å². The first-order chi connectivity index (χ1) is 12.2. The van der Waals surface area contributed by atoms with Gasteiger partial charge in [0.2, 0.25) is 23.5 Å². The lowest BCUT2D eigenvalue weighted by atomic mass is 10.1. The fourth-order valence-corrected chi connectivity index (χ4v) is 2.32. The molecule has 0 aliphatic heterocycles. The number of ether oxygens (including phenoxy) is 4. The van der Waals surface area contributed by atoms with Gasteiger partial charge in [-0.1, -0.05) is 6.07 Å². The number of aromatic nitrogens is 3. The van der Waals surface area contributed by atoms with E-state index in [1.165, 1.54) is 14.2 Å². The van der Waals surface area contributed by atoms with E-state index >= 15 is 0 Å². The van der Waals surface area contributed by atoms with Crippen LogP contribution in [-0.2, 0) is 15.3 Å². The van der Waals surface area contributed by atoms with E-state index < -0.39 is 5.79 Å². The van der Waals surface area contributed by atoms with Gasteiger partial charge in [0.25, 0.3) is 0 Å². The van der Waals surface area contributed by atoms with Crippen molar-refractivity contribution >= 4 is 5.95 Å². The fourth-order valence-electron chi connectivity index (χ4n) is 2.32. The van der Waals surface area contributed by atoms with Gasteiger partial charge in [0.05, 0.1) is 26.8 Å². The molecule has 0 aliphatic rings. The first-order valence-corrected chi connectivity index (χ1v) is 8.07. The van der Waals surface area contributed by atoms with Gasteiger partial charge in [-0.15, -0.1) is 0 Å². The van der Waals surface area contributed by atoms with Crippen LogP contribution in [0.5, 0.6) is 11.8 Å². The van der Waals surface area contributed by atoms with E-state index in [-0.39, 0.29) is 6.54 Å². The molecule has 2 heterocycles. The highest BCUT2D eigenvalue weighted by atomic mass is 16.7. The maximum absolute atomic E-state index is 5.93. The van der Waals surface area contributed by atoms with Crippen LogP contribution >= 0.6 is 0 Å². The predicted molar refractivity (Wildman–Crippen MR) is 92.8 cm³/mol. The molecule has 8 nitrogen and oxygen atoms in total. The predicted octanol–water partition coefficient (Wildman–Crippen LogP) is 2.23. The second kappa shape index (κ2) is 9.14. The average molecular weight is 348 g/mol. The fraction of sp³-hybridized carbons (Fsp3) is 0.471. The van der Waals surface area contributed by atoms with Crippen LogP contribution in [-0.4, -0.2) is 48.9 Å². The number of anilines is 1. The zero-order chi connectivity index (χ0) is 18.1. The van der Waals surface area contributed by atoms with Gasteiger partial charge in [0.1, 0.15) is 5.69 Å². The molecule has 0 amide bonds. The molecule has 25 heavy (non-hydrogen) atoms. The summed E-state index contributed by atoms with van der Waals surface area (Å²) in [6.07, 6.45) is 1.70. The highest BCUT2D eigenvalue weighted by molar-refractivity contribution is 5.34. The van der Waals surface area contributed by atoms with E-state index in [1.54, 1.807) is 12.3 Å². The standard InChI is InChI=1S/C17H24N4O4/c1-5-24-17(25-6-2,13-9-7-8-10-18-13)12-19-16-20-14(22-3)11-15(21-16)23-4/h7-11H,5-6,12H2,1-4H3,(H,19,20,21). The van der Waals surface area contributed by atoms with Crippen LogP contribution in [0, 0.1) is 0 Å². The molecule has 2 rings (SSSR count). The number of methoxy groups -OCH3 is 2. The topological polar surface area (TPSA) is 87.6 Å². The van der Waals surface area contributed by atoms with Crippen molar-refractivity contribution in [1.29, 1.82) is 0 Å². The molecule has 136 valence electrons. The van der Waals surface area contributed by atoms with Crippen molar-refractivity contribution < 1.29 is 18.9 Å². The molecule has 0 fully saturated rings. The van der Waals surface area contributed by atoms with E-state index in [1.807, 2.05) is 32.0 Å². The molecule has 0 spiro atoms. The summed E-state index contributed by atoms with van der Waals surface area (Å²) in [6.45, 7) is 4.99. The molecule has 0 aliphatic carbocycles. The molecule has 0 bridgehead atoms. The van der Waals surface area contributed by atoms with Crippen molar-refractivity contribution in [3.8, 4) is 11.8 Å². The number of pyridine rings is 1. The van der Waals surface area contributed by atoms with E-state index in [2.05, 4.69) is 20.3 Å². The summed E-state index contributed by atoms with van der Waals surface area (Å²) in [5, 5.41) is 3.13. The maximum atomic E-state index is 5.93. The van der Waals surface area contributed by atoms with Crippen molar-refractivity contribution in [1.82, 2.24) is 15.0 Å². The molecular formula is C17H24N4O4. The van der Waals surface area contributed by atoms with Crippen LogP contribution in [0.2, 0.25) is 0 Å². The molecule has 1 N–H and O–H groups in total. The lowest BCUT2D eigenvalue weighted by Gasteiger charge is -2.32. The summed E-state index contributed by atoms with van der Waals surface area (Å²) in [4.78, 5) is 12.9. The number of nitrogens with zero attached hydrogens (tertiary/aromatic N) is 3. The minimum absolute atomic E-state index is 0.266. The Labute approximate surface area is 147 Å². The summed E-state index contributed by atoms with van der Waals surface area (Å²) in [5.74, 6) is 0.0804. The molecule has 2 aromatic rings. The molecule has 0 radical (unpaired) electrons. The van der Waals surface area contributed by atoms with Crippen molar-refractivity contribution in [3.63, 3.8) is 0 Å². The number of hydrogen-bond donors (Lipinski definition) is 1. The minimum Gasteiger partial charge on any atom is -0.481 e. The monoisotopic (exact) mass is 348 g/mol. The first kappa shape index (κ1) is 18.9. The summed E-state index contributed by atoms with van der Waals surface area (Å²) < 4.78 is 22.2. The van der Waals surface area contributed by atoms with Crippen LogP contribution in [0.15, 0.2) is 30.5 Å². The Kier molecular flexibility index (Phi) is 6.91. The van der Waals surface area contributed by atoms with Gasteiger partial charge < -0.3 is 24.3 Å². The van der Waals surface area contributed by atoms with Gasteiger partial charge in [-0.2, -0.15) is 9.97 Å². The average Bonchev–Trinajstić information content (AvgIpc) is 2.66. The highest BCUT2D eigenvalue weighted by Crippen LogP contribution is 2.27. The zero-order valence-corrected chi connectivity index (χ0v) is 15.0. The van der Waals surface area contributed by atoms with Crippen molar-refractivity contribution in [3.05, 3.63) is 36.2 Å². The van der Waals surface area contributed by atoms with E-state index in [9.17, 15) is 0 Å². The number of rotatable bonds is 10. The van der Waals surface area contributed by atoms with Gasteiger partial charge in [0, 0.05) is 19.4 Å². The van der Waals surface area contributed by atoms with E-state index in [0.29, 0.717) is 36.6 Å². The van der Waals surface area contributed by atoms with Gasteiger partial charge in [-0.25, -0.2) is 0 Å². The minimum atomic E-state index is -1.05. The smallest absolute Gasteiger partial charge is 0.230 e. The number of nitrogens with one attached hydrogen (secondary N) is 1. The molecule has 0 atom stereocenters. The van der Waals surface area contributed by atoms with Crippen LogP contribution in [0.4, 0.5) is 5.95 Å². The number of hydrogen-bond acceptors (Lipinski definition) is 8. The van der Waals surface area contributed by atoms with Crippen LogP contribution in [0.1, 0.15) is 19.5 Å². The Balaban J connectivity index is 2.28. The van der Waals surface area contributed by atoms with Crippen molar-refractivity contribution in [2.24, 2.45) is 0 Å². The molecular weight excluding hydrogens is 324 g/mol. The summed E-state index contributed by atoms with van der Waals surface area (Å²) in [5.41, 5.74) is 0.668. The van der Waals surface area contributed by atoms with Gasteiger partial charge in [-0.3, -0.25) is 4.98 Å². The first-order valence-electron chi connectivity index (χ1n) is 8.07. The lowest BCUT2D eigenvalue weighted by Crippen LogP contribution is -2.41. The molecule has 0 saturated heterocycles. The van der Waals surface area contributed by atoms with E-state index in [4.69, 9.17) is 18.9 Å². The third-order valence-electron chi connectivity index (χ3n) is 3.39. The van der Waals surface area contributed by atoms with Crippen LogP contribution in [0.25, 0.3) is 0 Å². The summed E-state index contributed by atoms with van der Waals surface area (Å²) in [6, 6.07) is 7.19.